The zero-order valence-corrected chi connectivity index (χ0v) is 20.0. The van der Waals surface area contributed by atoms with Gasteiger partial charge in [0.05, 0.1) is 18.8 Å². The molecule has 0 bridgehead atoms. The molecule has 2 aliphatic heterocycles. The second-order valence-electron chi connectivity index (χ2n) is 11.8. The lowest BCUT2D eigenvalue weighted by molar-refractivity contribution is -0.316. The lowest BCUT2D eigenvalue weighted by atomic mass is 9.46. The van der Waals surface area contributed by atoms with E-state index >= 15 is 0 Å². The van der Waals surface area contributed by atoms with Crippen LogP contribution in [0.3, 0.4) is 0 Å². The van der Waals surface area contributed by atoms with Crippen molar-refractivity contribution in [2.24, 2.45) is 28.6 Å². The molecule has 4 nitrogen and oxygen atoms in total. The van der Waals surface area contributed by atoms with Gasteiger partial charge >= 0.3 is 0 Å². The maximum Gasteiger partial charge on any atom is 0.160 e. The number of nitrogens with one attached hydrogen (secondary N) is 1. The topological polar surface area (TPSA) is 39.7 Å². The Bertz CT molecular complexity index is 640. The normalized spacial score (nSPS) is 44.8. The van der Waals surface area contributed by atoms with Crippen LogP contribution in [0, 0.1) is 28.6 Å². The van der Waals surface area contributed by atoms with Gasteiger partial charge in [-0.3, -0.25) is 0 Å². The summed E-state index contributed by atoms with van der Waals surface area (Å²) in [5.41, 5.74) is 1.90. The van der Waals surface area contributed by atoms with Crippen molar-refractivity contribution in [3.8, 4) is 0 Å². The van der Waals surface area contributed by atoms with E-state index in [1.807, 2.05) is 0 Å². The Hall–Kier alpha value is -0.420. The summed E-state index contributed by atoms with van der Waals surface area (Å²) in [6, 6.07) is 0. The average Bonchev–Trinajstić information content (AvgIpc) is 3.31. The number of ether oxygens (including phenoxy) is 3. The maximum absolute atomic E-state index is 6.72. The van der Waals surface area contributed by atoms with Crippen LogP contribution in [-0.2, 0) is 14.2 Å². The standard InChI is InChI=1S/C27H45NO3/c1-19-8-9-23-26(2,22(19)13-17-29-21-11-15-28-16-12-21)14-10-24-27(23,3)18-30-25(31-24)20-6-4-5-7-20/h20-25,28H,1,4-18H2,2-3H3/t22-,23?,24-,25-,26+,27+/m1/s1. The first kappa shape index (κ1) is 22.4. The Morgan fingerprint density at radius 1 is 1.03 bits per heavy atom. The Morgan fingerprint density at radius 2 is 1.81 bits per heavy atom. The van der Waals surface area contributed by atoms with Crippen LogP contribution >= 0.6 is 0 Å². The maximum atomic E-state index is 6.72. The largest absolute Gasteiger partial charge is 0.378 e. The Kier molecular flexibility index (Phi) is 6.56. The molecule has 176 valence electrons. The van der Waals surface area contributed by atoms with Crippen molar-refractivity contribution in [3.63, 3.8) is 0 Å². The van der Waals surface area contributed by atoms with Crippen LogP contribution in [0.2, 0.25) is 0 Å². The monoisotopic (exact) mass is 431 g/mol. The summed E-state index contributed by atoms with van der Waals surface area (Å²) in [4.78, 5) is 0. The number of piperidine rings is 1. The van der Waals surface area contributed by atoms with Crippen LogP contribution in [0.4, 0.5) is 0 Å². The SMILES string of the molecule is C=C1CCC2[C@]3(C)CO[C@@H](C4CCCC4)O[C@@H]3CC[C@@]2(C)[C@@H]1CCOC1CCNCC1. The van der Waals surface area contributed by atoms with Gasteiger partial charge in [-0.2, -0.15) is 0 Å². The number of hydrogen-bond donors (Lipinski definition) is 1. The number of hydrogen-bond acceptors (Lipinski definition) is 4. The minimum atomic E-state index is 0.0534. The molecule has 1 N–H and O–H groups in total. The molecular weight excluding hydrogens is 386 g/mol. The molecule has 2 saturated heterocycles. The summed E-state index contributed by atoms with van der Waals surface area (Å²) in [7, 11) is 0. The molecule has 5 aliphatic rings. The van der Waals surface area contributed by atoms with Crippen LogP contribution in [-0.4, -0.2) is 44.8 Å². The van der Waals surface area contributed by atoms with E-state index in [9.17, 15) is 0 Å². The van der Waals surface area contributed by atoms with Gasteiger partial charge in [-0.15, -0.1) is 0 Å². The van der Waals surface area contributed by atoms with Crippen molar-refractivity contribution >= 4 is 0 Å². The first-order chi connectivity index (χ1) is 15.0. The predicted octanol–water partition coefficient (Wildman–Crippen LogP) is 5.47. The summed E-state index contributed by atoms with van der Waals surface area (Å²) in [5, 5.41) is 3.44. The Morgan fingerprint density at radius 3 is 2.58 bits per heavy atom. The van der Waals surface area contributed by atoms with Crippen LogP contribution in [0.25, 0.3) is 0 Å². The van der Waals surface area contributed by atoms with Gasteiger partial charge in [0.2, 0.25) is 0 Å². The highest BCUT2D eigenvalue weighted by atomic mass is 16.7. The molecular formula is C27H45NO3. The molecule has 0 radical (unpaired) electrons. The third kappa shape index (κ3) is 4.16. The Balaban J connectivity index is 1.25. The van der Waals surface area contributed by atoms with E-state index in [2.05, 4.69) is 25.7 Å². The molecule has 2 heterocycles. The molecule has 0 aromatic rings. The predicted molar refractivity (Wildman–Crippen MR) is 124 cm³/mol. The summed E-state index contributed by atoms with van der Waals surface area (Å²) in [6.07, 6.45) is 14.4. The first-order valence-corrected chi connectivity index (χ1v) is 13.3. The summed E-state index contributed by atoms with van der Waals surface area (Å²) in [6.45, 7) is 13.6. The van der Waals surface area contributed by atoms with Crippen LogP contribution in [0.15, 0.2) is 12.2 Å². The van der Waals surface area contributed by atoms with Crippen LogP contribution in [0.5, 0.6) is 0 Å². The van der Waals surface area contributed by atoms with Crippen LogP contribution in [0.1, 0.15) is 84.5 Å². The van der Waals surface area contributed by atoms with Crippen molar-refractivity contribution in [1.82, 2.24) is 5.32 Å². The fraction of sp³-hybridized carbons (Fsp3) is 0.926. The third-order valence-electron chi connectivity index (χ3n) is 10.0. The molecule has 0 aromatic heterocycles. The third-order valence-corrected chi connectivity index (χ3v) is 10.0. The second-order valence-corrected chi connectivity index (χ2v) is 11.8. The first-order valence-electron chi connectivity index (χ1n) is 13.3. The van der Waals surface area contributed by atoms with Gasteiger partial charge < -0.3 is 19.5 Å². The highest BCUT2D eigenvalue weighted by molar-refractivity contribution is 5.18. The number of allylic oxidation sites excluding steroid dienone is 1. The van der Waals surface area contributed by atoms with Crippen molar-refractivity contribution in [1.29, 1.82) is 0 Å². The van der Waals surface area contributed by atoms with Gasteiger partial charge in [0.1, 0.15) is 0 Å². The fourth-order valence-corrected chi connectivity index (χ4v) is 8.18. The van der Waals surface area contributed by atoms with Gasteiger partial charge in [-0.05, 0) is 88.1 Å². The van der Waals surface area contributed by atoms with Crippen molar-refractivity contribution in [2.45, 2.75) is 103 Å². The molecule has 6 atom stereocenters. The zero-order valence-electron chi connectivity index (χ0n) is 20.0. The molecule has 3 aliphatic carbocycles. The molecule has 31 heavy (non-hydrogen) atoms. The molecule has 5 fully saturated rings. The average molecular weight is 432 g/mol. The molecule has 4 heteroatoms. The van der Waals surface area contributed by atoms with Gasteiger partial charge in [-0.1, -0.05) is 38.8 Å². The minimum Gasteiger partial charge on any atom is -0.378 e. The second kappa shape index (κ2) is 9.08. The van der Waals surface area contributed by atoms with Gasteiger partial charge in [0.15, 0.2) is 6.29 Å². The smallest absolute Gasteiger partial charge is 0.160 e. The summed E-state index contributed by atoms with van der Waals surface area (Å²) in [5.74, 6) is 1.85. The Labute approximate surface area is 189 Å². The molecule has 3 saturated carbocycles. The van der Waals surface area contributed by atoms with Crippen molar-refractivity contribution in [2.75, 3.05) is 26.3 Å². The van der Waals surface area contributed by atoms with Crippen molar-refractivity contribution < 1.29 is 14.2 Å². The molecule has 0 aromatic carbocycles. The molecule has 5 rings (SSSR count). The van der Waals surface area contributed by atoms with Gasteiger partial charge in [0, 0.05) is 17.9 Å². The summed E-state index contributed by atoms with van der Waals surface area (Å²) < 4.78 is 19.5. The molecule has 0 amide bonds. The van der Waals surface area contributed by atoms with E-state index in [-0.39, 0.29) is 11.7 Å². The number of fused-ring (bicyclic) bond motifs is 3. The van der Waals surface area contributed by atoms with Crippen molar-refractivity contribution in [3.05, 3.63) is 12.2 Å². The van der Waals surface area contributed by atoms with Gasteiger partial charge in [0.25, 0.3) is 0 Å². The number of rotatable bonds is 5. The van der Waals surface area contributed by atoms with E-state index in [4.69, 9.17) is 14.2 Å². The summed E-state index contributed by atoms with van der Waals surface area (Å²) >= 11 is 0. The molecule has 0 spiro atoms. The van der Waals surface area contributed by atoms with Crippen LogP contribution < -0.4 is 5.32 Å². The van der Waals surface area contributed by atoms with E-state index in [0.717, 1.165) is 52.0 Å². The highest BCUT2D eigenvalue weighted by Crippen LogP contribution is 2.63. The van der Waals surface area contributed by atoms with Gasteiger partial charge in [-0.25, -0.2) is 0 Å². The van der Waals surface area contributed by atoms with E-state index in [1.165, 1.54) is 50.5 Å². The quantitative estimate of drug-likeness (QED) is 0.586. The zero-order chi connectivity index (χ0) is 21.5. The minimum absolute atomic E-state index is 0.0534. The lowest BCUT2D eigenvalue weighted by Gasteiger charge is -2.63. The fourth-order valence-electron chi connectivity index (χ4n) is 8.18. The lowest BCUT2D eigenvalue weighted by Crippen LogP contribution is -2.62. The molecule has 1 unspecified atom stereocenters. The highest BCUT2D eigenvalue weighted by Gasteiger charge is 2.60. The van der Waals surface area contributed by atoms with E-state index in [1.54, 1.807) is 0 Å². The van der Waals surface area contributed by atoms with E-state index in [0.29, 0.717) is 35.4 Å². The van der Waals surface area contributed by atoms with E-state index < -0.39 is 0 Å².